The number of nitrogens with zero attached hydrogens (tertiary/aromatic N) is 2. The second kappa shape index (κ2) is 9.17. The van der Waals surface area contributed by atoms with Gasteiger partial charge in [0.25, 0.3) is 5.91 Å². The highest BCUT2D eigenvalue weighted by Crippen LogP contribution is 2.32. The summed E-state index contributed by atoms with van der Waals surface area (Å²) < 4.78 is 6.03. The summed E-state index contributed by atoms with van der Waals surface area (Å²) in [5.74, 6) is -0.0808. The third-order valence-electron chi connectivity index (χ3n) is 6.37. The first-order chi connectivity index (χ1) is 16.1. The molecule has 0 radical (unpaired) electrons. The quantitative estimate of drug-likeness (QED) is 0.654. The van der Waals surface area contributed by atoms with E-state index in [0.717, 1.165) is 35.5 Å². The van der Waals surface area contributed by atoms with Gasteiger partial charge in [0.15, 0.2) is 0 Å². The number of carbonyl (C=O) groups is 2. The van der Waals surface area contributed by atoms with Gasteiger partial charge in [-0.25, -0.2) is 0 Å². The van der Waals surface area contributed by atoms with Gasteiger partial charge in [-0.05, 0) is 30.2 Å². The fraction of sp³-hybridized carbons (Fsp3) is 0.259. The van der Waals surface area contributed by atoms with Crippen molar-refractivity contribution >= 4 is 23.2 Å². The van der Waals surface area contributed by atoms with Crippen LogP contribution in [0.4, 0.5) is 11.4 Å². The number of morpholine rings is 1. The van der Waals surface area contributed by atoms with E-state index in [2.05, 4.69) is 10.2 Å². The number of amides is 2. The van der Waals surface area contributed by atoms with Crippen molar-refractivity contribution < 1.29 is 14.3 Å². The molecule has 1 spiro atoms. The Balaban J connectivity index is 1.23. The lowest BCUT2D eigenvalue weighted by Gasteiger charge is -2.40. The van der Waals surface area contributed by atoms with Gasteiger partial charge in [0.05, 0.1) is 13.1 Å². The van der Waals surface area contributed by atoms with Crippen molar-refractivity contribution in [3.05, 3.63) is 84.9 Å². The summed E-state index contributed by atoms with van der Waals surface area (Å²) in [4.78, 5) is 29.3. The Bertz CT molecular complexity index is 1140. The van der Waals surface area contributed by atoms with Gasteiger partial charge >= 0.3 is 0 Å². The van der Waals surface area contributed by atoms with Crippen LogP contribution in [-0.4, -0.2) is 55.1 Å². The van der Waals surface area contributed by atoms with E-state index < -0.39 is 5.60 Å². The first kappa shape index (κ1) is 21.4. The molecule has 0 aliphatic carbocycles. The summed E-state index contributed by atoms with van der Waals surface area (Å²) in [6, 6.07) is 27.6. The zero-order chi connectivity index (χ0) is 22.7. The Labute approximate surface area is 193 Å². The van der Waals surface area contributed by atoms with Crippen molar-refractivity contribution in [2.75, 3.05) is 43.0 Å². The molecule has 0 unspecified atom stereocenters. The van der Waals surface area contributed by atoms with E-state index in [-0.39, 0.29) is 25.0 Å². The summed E-state index contributed by atoms with van der Waals surface area (Å²) in [6.45, 7) is 2.24. The van der Waals surface area contributed by atoms with Crippen molar-refractivity contribution in [3.63, 3.8) is 0 Å². The van der Waals surface area contributed by atoms with E-state index >= 15 is 0 Å². The molecule has 3 aromatic rings. The highest BCUT2D eigenvalue weighted by Gasteiger charge is 2.45. The number of nitrogens with one attached hydrogen (secondary N) is 1. The Morgan fingerprint density at radius 3 is 2.39 bits per heavy atom. The Morgan fingerprint density at radius 1 is 0.909 bits per heavy atom. The standard InChI is InChI=1S/C27H27N3O3/c31-25(28-24-14-8-7-13-23(24)21-9-3-1-4-10-21)17-29-16-15-27(19-29)20-30(26(32)18-33-27)22-11-5-2-6-12-22/h1-14H,15-20H2,(H,28,31)/t27-/m0/s1. The van der Waals surface area contributed by atoms with Crippen molar-refractivity contribution in [1.82, 2.24) is 4.90 Å². The molecule has 33 heavy (non-hydrogen) atoms. The third-order valence-corrected chi connectivity index (χ3v) is 6.37. The molecule has 2 aliphatic rings. The normalized spacial score (nSPS) is 20.8. The highest BCUT2D eigenvalue weighted by atomic mass is 16.5. The predicted molar refractivity (Wildman–Crippen MR) is 129 cm³/mol. The Hall–Kier alpha value is -3.48. The largest absolute Gasteiger partial charge is 0.362 e. The SMILES string of the molecule is O=C(CN1CC[C@]2(C1)CN(c1ccccc1)C(=O)CO2)Nc1ccccc1-c1ccccc1. The molecule has 2 amide bonds. The summed E-state index contributed by atoms with van der Waals surface area (Å²) >= 11 is 0. The molecule has 6 heteroatoms. The van der Waals surface area contributed by atoms with E-state index in [0.29, 0.717) is 13.1 Å². The maximum atomic E-state index is 12.9. The van der Waals surface area contributed by atoms with E-state index in [1.165, 1.54) is 0 Å². The zero-order valence-electron chi connectivity index (χ0n) is 18.4. The summed E-state index contributed by atoms with van der Waals surface area (Å²) in [5.41, 5.74) is 3.31. The van der Waals surface area contributed by atoms with Crippen LogP contribution in [0.2, 0.25) is 0 Å². The van der Waals surface area contributed by atoms with Crippen LogP contribution in [0.1, 0.15) is 6.42 Å². The van der Waals surface area contributed by atoms with Gasteiger partial charge in [-0.15, -0.1) is 0 Å². The molecule has 1 N–H and O–H groups in total. The molecule has 2 saturated heterocycles. The van der Waals surface area contributed by atoms with Crippen LogP contribution in [0.15, 0.2) is 84.9 Å². The molecule has 0 saturated carbocycles. The molecule has 2 fully saturated rings. The number of ether oxygens (including phenoxy) is 1. The fourth-order valence-electron chi connectivity index (χ4n) is 4.72. The minimum atomic E-state index is -0.439. The van der Waals surface area contributed by atoms with Gasteiger partial charge in [-0.1, -0.05) is 66.7 Å². The number of hydrogen-bond donors (Lipinski definition) is 1. The molecule has 2 aliphatic heterocycles. The first-order valence-electron chi connectivity index (χ1n) is 11.3. The summed E-state index contributed by atoms with van der Waals surface area (Å²) in [7, 11) is 0. The van der Waals surface area contributed by atoms with Crippen LogP contribution in [0.3, 0.4) is 0 Å². The van der Waals surface area contributed by atoms with E-state index in [4.69, 9.17) is 4.74 Å². The van der Waals surface area contributed by atoms with Gasteiger partial charge in [0.1, 0.15) is 12.2 Å². The topological polar surface area (TPSA) is 61.9 Å². The van der Waals surface area contributed by atoms with E-state index in [1.807, 2.05) is 89.8 Å². The molecular weight excluding hydrogens is 414 g/mol. The van der Waals surface area contributed by atoms with Gasteiger partial charge in [-0.3, -0.25) is 14.5 Å². The molecule has 6 nitrogen and oxygen atoms in total. The number of hydrogen-bond acceptors (Lipinski definition) is 4. The van der Waals surface area contributed by atoms with E-state index in [1.54, 1.807) is 0 Å². The Morgan fingerprint density at radius 2 is 1.61 bits per heavy atom. The minimum absolute atomic E-state index is 0.0273. The van der Waals surface area contributed by atoms with Crippen molar-refractivity contribution in [1.29, 1.82) is 0 Å². The van der Waals surface area contributed by atoms with Crippen molar-refractivity contribution in [3.8, 4) is 11.1 Å². The smallest absolute Gasteiger partial charge is 0.253 e. The van der Waals surface area contributed by atoms with Gasteiger partial charge < -0.3 is 15.0 Å². The van der Waals surface area contributed by atoms with Gasteiger partial charge in [0, 0.05) is 30.0 Å². The average molecular weight is 442 g/mol. The molecule has 0 bridgehead atoms. The fourth-order valence-corrected chi connectivity index (χ4v) is 4.72. The number of likely N-dealkylation sites (tertiary alicyclic amines) is 1. The molecule has 168 valence electrons. The first-order valence-corrected chi connectivity index (χ1v) is 11.3. The van der Waals surface area contributed by atoms with Crippen LogP contribution in [-0.2, 0) is 14.3 Å². The van der Waals surface area contributed by atoms with Gasteiger partial charge in [-0.2, -0.15) is 0 Å². The lowest BCUT2D eigenvalue weighted by molar-refractivity contribution is -0.137. The second-order valence-electron chi connectivity index (χ2n) is 8.71. The van der Waals surface area contributed by atoms with E-state index in [9.17, 15) is 9.59 Å². The lowest BCUT2D eigenvalue weighted by atomic mass is 10.00. The van der Waals surface area contributed by atoms with Gasteiger partial charge in [0.2, 0.25) is 5.91 Å². The number of anilines is 2. The lowest BCUT2D eigenvalue weighted by Crippen LogP contribution is -2.56. The van der Waals surface area contributed by atoms with Crippen LogP contribution < -0.4 is 10.2 Å². The monoisotopic (exact) mass is 441 g/mol. The van der Waals surface area contributed by atoms with Crippen LogP contribution >= 0.6 is 0 Å². The second-order valence-corrected chi connectivity index (χ2v) is 8.71. The molecule has 5 rings (SSSR count). The van der Waals surface area contributed by atoms with Crippen LogP contribution in [0.5, 0.6) is 0 Å². The maximum absolute atomic E-state index is 12.9. The molecule has 1 atom stereocenters. The Kier molecular flexibility index (Phi) is 5.94. The number of rotatable bonds is 5. The number of benzene rings is 3. The summed E-state index contributed by atoms with van der Waals surface area (Å²) in [5, 5.41) is 3.08. The van der Waals surface area contributed by atoms with Crippen molar-refractivity contribution in [2.24, 2.45) is 0 Å². The number of carbonyl (C=O) groups excluding carboxylic acids is 2. The third kappa shape index (κ3) is 4.67. The average Bonchev–Trinajstić information content (AvgIpc) is 3.24. The molecule has 2 heterocycles. The maximum Gasteiger partial charge on any atom is 0.253 e. The highest BCUT2D eigenvalue weighted by molar-refractivity contribution is 5.97. The number of para-hydroxylation sites is 2. The van der Waals surface area contributed by atoms with Crippen LogP contribution in [0, 0.1) is 0 Å². The molecule has 0 aromatic heterocycles. The summed E-state index contributed by atoms with van der Waals surface area (Å²) in [6.07, 6.45) is 0.789. The zero-order valence-corrected chi connectivity index (χ0v) is 18.4. The molecule has 3 aromatic carbocycles. The van der Waals surface area contributed by atoms with Crippen molar-refractivity contribution in [2.45, 2.75) is 12.0 Å². The van der Waals surface area contributed by atoms with Crippen LogP contribution in [0.25, 0.3) is 11.1 Å². The predicted octanol–water partition coefficient (Wildman–Crippen LogP) is 3.80. The minimum Gasteiger partial charge on any atom is -0.362 e. The molecular formula is C27H27N3O3.